The number of piperazine rings is 1. The smallest absolute Gasteiger partial charge is 0.225 e. The highest BCUT2D eigenvalue weighted by molar-refractivity contribution is 6.18. The minimum atomic E-state index is 0.305. The van der Waals surface area contributed by atoms with Gasteiger partial charge in [-0.15, -0.1) is 11.6 Å². The average Bonchev–Trinajstić information content (AvgIpc) is 2.39. The molecule has 110 valence electrons. The molecule has 0 radical (unpaired) electrons. The van der Waals surface area contributed by atoms with Crippen LogP contribution in [0, 0.1) is 5.92 Å². The van der Waals surface area contributed by atoms with Gasteiger partial charge in [-0.05, 0) is 12.8 Å². The Labute approximate surface area is 122 Å². The van der Waals surface area contributed by atoms with Gasteiger partial charge in [0.2, 0.25) is 5.91 Å². The van der Waals surface area contributed by atoms with E-state index in [4.69, 9.17) is 11.6 Å². The first-order chi connectivity index (χ1) is 9.31. The Morgan fingerprint density at radius 3 is 2.11 bits per heavy atom. The molecule has 0 atom stereocenters. The number of hydrogen-bond donors (Lipinski definition) is 0. The molecule has 19 heavy (non-hydrogen) atoms. The van der Waals surface area contributed by atoms with Gasteiger partial charge in [0.25, 0.3) is 0 Å². The maximum absolute atomic E-state index is 12.6. The van der Waals surface area contributed by atoms with Crippen LogP contribution in [0.15, 0.2) is 0 Å². The first kappa shape index (κ1) is 15.1. The third-order valence-electron chi connectivity index (χ3n) is 4.54. The summed E-state index contributed by atoms with van der Waals surface area (Å²) in [5.74, 6) is 1.42. The highest BCUT2D eigenvalue weighted by Gasteiger charge is 2.27. The van der Waals surface area contributed by atoms with Gasteiger partial charge in [0, 0.05) is 44.5 Å². The van der Waals surface area contributed by atoms with E-state index in [0.717, 1.165) is 45.6 Å². The highest BCUT2D eigenvalue weighted by atomic mass is 35.5. The number of hydrogen-bond acceptors (Lipinski definition) is 2. The predicted molar refractivity (Wildman–Crippen MR) is 79.5 cm³/mol. The zero-order chi connectivity index (χ0) is 13.5. The second-order valence-corrected chi connectivity index (χ2v) is 6.28. The van der Waals surface area contributed by atoms with Crippen molar-refractivity contribution in [2.45, 2.75) is 44.9 Å². The maximum Gasteiger partial charge on any atom is 0.225 e. The summed E-state index contributed by atoms with van der Waals surface area (Å²) in [5.41, 5.74) is 0. The van der Waals surface area contributed by atoms with Crippen molar-refractivity contribution in [3.8, 4) is 0 Å². The quantitative estimate of drug-likeness (QED) is 0.745. The van der Waals surface area contributed by atoms with Gasteiger partial charge in [-0.25, -0.2) is 0 Å². The Bertz CT molecular complexity index is 269. The summed E-state index contributed by atoms with van der Waals surface area (Å²) in [6.45, 7) is 4.72. The summed E-state index contributed by atoms with van der Waals surface area (Å²) in [4.78, 5) is 17.0. The topological polar surface area (TPSA) is 23.6 Å². The molecule has 0 aromatic carbocycles. The van der Waals surface area contributed by atoms with Crippen molar-refractivity contribution in [3.05, 3.63) is 0 Å². The summed E-state index contributed by atoms with van der Waals surface area (Å²) < 4.78 is 0. The SMILES string of the molecule is O=C(C1CCCCCCC1)N1CCN(CCCl)CC1. The van der Waals surface area contributed by atoms with Crippen molar-refractivity contribution in [3.63, 3.8) is 0 Å². The maximum atomic E-state index is 12.6. The number of nitrogens with zero attached hydrogens (tertiary/aromatic N) is 2. The molecule has 1 aliphatic heterocycles. The monoisotopic (exact) mass is 286 g/mol. The van der Waals surface area contributed by atoms with Crippen LogP contribution in [-0.4, -0.2) is 54.3 Å². The molecule has 0 N–H and O–H groups in total. The van der Waals surface area contributed by atoms with Crippen LogP contribution in [0.4, 0.5) is 0 Å². The number of alkyl halides is 1. The van der Waals surface area contributed by atoms with Crippen molar-refractivity contribution in [1.82, 2.24) is 9.80 Å². The Balaban J connectivity index is 1.79. The zero-order valence-corrected chi connectivity index (χ0v) is 12.7. The summed E-state index contributed by atoms with van der Waals surface area (Å²) in [6.07, 6.45) is 8.69. The van der Waals surface area contributed by atoms with Crippen molar-refractivity contribution in [1.29, 1.82) is 0 Å². The lowest BCUT2D eigenvalue weighted by Gasteiger charge is -2.36. The Kier molecular flexibility index (Phi) is 6.45. The summed E-state index contributed by atoms with van der Waals surface area (Å²) in [7, 11) is 0. The van der Waals surface area contributed by atoms with Crippen LogP contribution >= 0.6 is 11.6 Å². The van der Waals surface area contributed by atoms with Gasteiger partial charge in [-0.2, -0.15) is 0 Å². The molecule has 0 bridgehead atoms. The number of halogens is 1. The van der Waals surface area contributed by atoms with Gasteiger partial charge < -0.3 is 4.90 Å². The molecule has 4 heteroatoms. The minimum Gasteiger partial charge on any atom is -0.340 e. The summed E-state index contributed by atoms with van der Waals surface area (Å²) >= 11 is 5.77. The minimum absolute atomic E-state index is 0.305. The molecule has 0 spiro atoms. The van der Waals surface area contributed by atoms with E-state index in [1.807, 2.05) is 0 Å². The van der Waals surface area contributed by atoms with Gasteiger partial charge in [-0.1, -0.05) is 32.1 Å². The van der Waals surface area contributed by atoms with E-state index in [-0.39, 0.29) is 0 Å². The van der Waals surface area contributed by atoms with E-state index < -0.39 is 0 Å². The molecule has 0 aromatic heterocycles. The second kappa shape index (κ2) is 8.11. The van der Waals surface area contributed by atoms with Crippen LogP contribution in [0.2, 0.25) is 0 Å². The fourth-order valence-electron chi connectivity index (χ4n) is 3.27. The lowest BCUT2D eigenvalue weighted by atomic mass is 9.90. The molecule has 3 nitrogen and oxygen atoms in total. The van der Waals surface area contributed by atoms with Crippen LogP contribution in [-0.2, 0) is 4.79 Å². The Morgan fingerprint density at radius 1 is 0.947 bits per heavy atom. The summed E-state index contributed by atoms with van der Waals surface area (Å²) in [5, 5.41) is 0. The van der Waals surface area contributed by atoms with Crippen LogP contribution in [0.1, 0.15) is 44.9 Å². The molecule has 1 heterocycles. The lowest BCUT2D eigenvalue weighted by Crippen LogP contribution is -2.50. The van der Waals surface area contributed by atoms with Crippen LogP contribution in [0.25, 0.3) is 0 Å². The van der Waals surface area contributed by atoms with E-state index in [1.54, 1.807) is 0 Å². The van der Waals surface area contributed by atoms with Gasteiger partial charge >= 0.3 is 0 Å². The molecule has 0 aromatic rings. The molecule has 2 fully saturated rings. The molecule has 0 unspecified atom stereocenters. The normalized spacial score (nSPS) is 23.9. The molecule has 1 saturated carbocycles. The first-order valence-corrected chi connectivity index (χ1v) is 8.42. The molecule has 2 rings (SSSR count). The van der Waals surface area contributed by atoms with E-state index >= 15 is 0 Å². The molecular weight excluding hydrogens is 260 g/mol. The van der Waals surface area contributed by atoms with Gasteiger partial charge in [0.1, 0.15) is 0 Å². The molecule has 1 aliphatic carbocycles. The van der Waals surface area contributed by atoms with Gasteiger partial charge in [-0.3, -0.25) is 9.69 Å². The van der Waals surface area contributed by atoms with Crippen LogP contribution in [0.3, 0.4) is 0 Å². The molecule has 1 saturated heterocycles. The van der Waals surface area contributed by atoms with Crippen molar-refractivity contribution >= 4 is 17.5 Å². The molecular formula is C15H27ClN2O. The number of carbonyl (C=O) groups excluding carboxylic acids is 1. The molecule has 2 aliphatic rings. The number of amides is 1. The van der Waals surface area contributed by atoms with E-state index in [9.17, 15) is 4.79 Å². The lowest BCUT2D eigenvalue weighted by molar-refractivity contribution is -0.138. The van der Waals surface area contributed by atoms with E-state index in [1.165, 1.54) is 32.1 Å². The van der Waals surface area contributed by atoms with E-state index in [2.05, 4.69) is 9.80 Å². The number of rotatable bonds is 3. The third kappa shape index (κ3) is 4.64. The van der Waals surface area contributed by atoms with Crippen molar-refractivity contribution in [2.24, 2.45) is 5.92 Å². The fraction of sp³-hybridized carbons (Fsp3) is 0.933. The van der Waals surface area contributed by atoms with Crippen molar-refractivity contribution in [2.75, 3.05) is 38.6 Å². The van der Waals surface area contributed by atoms with Gasteiger partial charge in [0.15, 0.2) is 0 Å². The third-order valence-corrected chi connectivity index (χ3v) is 4.71. The number of carbonyl (C=O) groups is 1. The summed E-state index contributed by atoms with van der Waals surface area (Å²) in [6, 6.07) is 0. The van der Waals surface area contributed by atoms with Crippen LogP contribution in [0.5, 0.6) is 0 Å². The molecule has 1 amide bonds. The zero-order valence-electron chi connectivity index (χ0n) is 12.0. The second-order valence-electron chi connectivity index (χ2n) is 5.90. The predicted octanol–water partition coefficient (Wildman–Crippen LogP) is 2.73. The Hall–Kier alpha value is -0.280. The fourth-order valence-corrected chi connectivity index (χ4v) is 3.51. The highest BCUT2D eigenvalue weighted by Crippen LogP contribution is 2.24. The average molecular weight is 287 g/mol. The first-order valence-electron chi connectivity index (χ1n) is 7.88. The Morgan fingerprint density at radius 2 is 1.53 bits per heavy atom. The standard InChI is InChI=1S/C15H27ClN2O/c16-8-9-17-10-12-18(13-11-17)15(19)14-6-4-2-1-3-5-7-14/h14H,1-13H2. The van der Waals surface area contributed by atoms with Crippen LogP contribution < -0.4 is 0 Å². The van der Waals surface area contributed by atoms with Crippen molar-refractivity contribution < 1.29 is 4.79 Å². The van der Waals surface area contributed by atoms with E-state index in [0.29, 0.717) is 17.7 Å². The van der Waals surface area contributed by atoms with Gasteiger partial charge in [0.05, 0.1) is 0 Å². The largest absolute Gasteiger partial charge is 0.340 e.